The van der Waals surface area contributed by atoms with Crippen LogP contribution in [0.2, 0.25) is 0 Å². The van der Waals surface area contributed by atoms with E-state index >= 15 is 0 Å². The number of aromatic nitrogens is 1. The Bertz CT molecular complexity index is 965. The number of para-hydroxylation sites is 1. The molecular weight excluding hydrogens is 336 g/mol. The number of benzene rings is 2. The van der Waals surface area contributed by atoms with Crippen molar-refractivity contribution >= 4 is 22.4 Å². The Hall–Kier alpha value is -2.86. The van der Waals surface area contributed by atoms with Gasteiger partial charge in [-0.2, -0.15) is 0 Å². The molecule has 1 aliphatic heterocycles. The van der Waals surface area contributed by atoms with Crippen LogP contribution in [0, 0.1) is 13.8 Å². The number of carbonyl (C=O) groups is 1. The monoisotopic (exact) mass is 352 g/mol. The third-order valence-corrected chi connectivity index (χ3v) is 4.78. The summed E-state index contributed by atoms with van der Waals surface area (Å²) in [5.41, 5.74) is 4.74. The molecule has 1 aromatic heterocycles. The molecule has 0 atom stereocenters. The minimum atomic E-state index is -0.260. The molecule has 0 saturated carbocycles. The second-order valence-electron chi connectivity index (χ2n) is 5.85. The maximum Gasteiger partial charge on any atom is 0.261 e. The maximum absolute atomic E-state index is 12.6. The van der Waals surface area contributed by atoms with Crippen molar-refractivity contribution in [3.05, 3.63) is 58.5 Å². The number of anilines is 1. The molecule has 0 bridgehead atoms. The smallest absolute Gasteiger partial charge is 0.261 e. The lowest BCUT2D eigenvalue weighted by Crippen LogP contribution is -2.12. The molecule has 0 aliphatic carbocycles. The van der Waals surface area contributed by atoms with Gasteiger partial charge in [0.25, 0.3) is 5.91 Å². The highest BCUT2D eigenvalue weighted by atomic mass is 32.1. The largest absolute Gasteiger partial charge is 0.454 e. The molecule has 0 spiro atoms. The lowest BCUT2D eigenvalue weighted by atomic mass is 10.0. The van der Waals surface area contributed by atoms with E-state index < -0.39 is 0 Å². The number of hydrogen-bond acceptors (Lipinski definition) is 5. The van der Waals surface area contributed by atoms with Gasteiger partial charge in [0.1, 0.15) is 0 Å². The topological polar surface area (TPSA) is 60.5 Å². The van der Waals surface area contributed by atoms with E-state index in [1.54, 1.807) is 18.2 Å². The molecule has 2 aromatic carbocycles. The first-order valence-corrected chi connectivity index (χ1v) is 8.73. The van der Waals surface area contributed by atoms with E-state index in [1.807, 2.05) is 5.38 Å². The van der Waals surface area contributed by atoms with E-state index in [-0.39, 0.29) is 12.7 Å². The number of thiazole rings is 1. The molecule has 2 heterocycles. The zero-order chi connectivity index (χ0) is 17.4. The van der Waals surface area contributed by atoms with Gasteiger partial charge in [-0.25, -0.2) is 4.98 Å². The number of amides is 1. The van der Waals surface area contributed by atoms with Crippen LogP contribution >= 0.6 is 11.3 Å². The van der Waals surface area contributed by atoms with Crippen LogP contribution in [0.5, 0.6) is 11.5 Å². The lowest BCUT2D eigenvalue weighted by Gasteiger charge is -2.05. The number of ether oxygens (including phenoxy) is 2. The van der Waals surface area contributed by atoms with Crippen molar-refractivity contribution in [1.82, 2.24) is 4.98 Å². The second kappa shape index (κ2) is 6.22. The number of nitrogens with one attached hydrogen (secondary N) is 1. The third kappa shape index (κ3) is 2.96. The van der Waals surface area contributed by atoms with Crippen LogP contribution in [0.1, 0.15) is 21.5 Å². The standard InChI is InChI=1S/C19H16N2O3S/c1-11-6-7-13(12(2)8-11)15-9-25-19(20-15)21-18(22)14-4-3-5-16-17(14)24-10-23-16/h3-9H,10H2,1-2H3,(H,20,21,22). The molecule has 25 heavy (non-hydrogen) atoms. The molecule has 0 unspecified atom stereocenters. The van der Waals surface area contributed by atoms with Gasteiger partial charge in [0, 0.05) is 10.9 Å². The van der Waals surface area contributed by atoms with Gasteiger partial charge in [0.15, 0.2) is 16.6 Å². The predicted octanol–water partition coefficient (Wildman–Crippen LogP) is 4.41. The highest BCUT2D eigenvalue weighted by molar-refractivity contribution is 7.14. The molecule has 6 heteroatoms. The fraction of sp³-hybridized carbons (Fsp3) is 0.158. The van der Waals surface area contributed by atoms with E-state index in [2.05, 4.69) is 42.3 Å². The highest BCUT2D eigenvalue weighted by Gasteiger charge is 2.22. The summed E-state index contributed by atoms with van der Waals surface area (Å²) in [6.07, 6.45) is 0. The van der Waals surface area contributed by atoms with Gasteiger partial charge in [-0.05, 0) is 31.5 Å². The summed E-state index contributed by atoms with van der Waals surface area (Å²) >= 11 is 1.40. The average molecular weight is 352 g/mol. The fourth-order valence-corrected chi connectivity index (χ4v) is 3.53. The first-order valence-electron chi connectivity index (χ1n) is 7.85. The van der Waals surface area contributed by atoms with E-state index in [1.165, 1.54) is 16.9 Å². The first-order chi connectivity index (χ1) is 12.1. The molecule has 0 fully saturated rings. The summed E-state index contributed by atoms with van der Waals surface area (Å²) in [6.45, 7) is 4.26. The highest BCUT2D eigenvalue weighted by Crippen LogP contribution is 2.36. The van der Waals surface area contributed by atoms with Crippen molar-refractivity contribution in [3.63, 3.8) is 0 Å². The van der Waals surface area contributed by atoms with E-state index in [4.69, 9.17) is 9.47 Å². The van der Waals surface area contributed by atoms with Crippen molar-refractivity contribution in [3.8, 4) is 22.8 Å². The Morgan fingerprint density at radius 1 is 1.20 bits per heavy atom. The van der Waals surface area contributed by atoms with Crippen LogP contribution in [-0.4, -0.2) is 17.7 Å². The maximum atomic E-state index is 12.6. The minimum absolute atomic E-state index is 0.133. The zero-order valence-corrected chi connectivity index (χ0v) is 14.6. The van der Waals surface area contributed by atoms with Crippen LogP contribution in [-0.2, 0) is 0 Å². The van der Waals surface area contributed by atoms with Crippen molar-refractivity contribution < 1.29 is 14.3 Å². The predicted molar refractivity (Wildman–Crippen MR) is 97.5 cm³/mol. The molecule has 1 aliphatic rings. The SMILES string of the molecule is Cc1ccc(-c2csc(NC(=O)c3cccc4c3OCO4)n2)c(C)c1. The van der Waals surface area contributed by atoms with E-state index in [9.17, 15) is 4.79 Å². The molecular formula is C19H16N2O3S. The second-order valence-corrected chi connectivity index (χ2v) is 6.71. The van der Waals surface area contributed by atoms with Crippen LogP contribution in [0.25, 0.3) is 11.3 Å². The Morgan fingerprint density at radius 2 is 2.08 bits per heavy atom. The van der Waals surface area contributed by atoms with E-state index in [0.29, 0.717) is 22.2 Å². The molecule has 1 N–H and O–H groups in total. The Morgan fingerprint density at radius 3 is 2.92 bits per heavy atom. The third-order valence-electron chi connectivity index (χ3n) is 4.02. The number of fused-ring (bicyclic) bond motifs is 1. The molecule has 126 valence electrons. The molecule has 0 radical (unpaired) electrons. The van der Waals surface area contributed by atoms with Gasteiger partial charge in [-0.1, -0.05) is 29.8 Å². The Kier molecular flexibility index (Phi) is 3.89. The van der Waals surface area contributed by atoms with Crippen LogP contribution in [0.4, 0.5) is 5.13 Å². The normalized spacial score (nSPS) is 12.2. The summed E-state index contributed by atoms with van der Waals surface area (Å²) in [5.74, 6) is 0.804. The summed E-state index contributed by atoms with van der Waals surface area (Å²) in [7, 11) is 0. The average Bonchev–Trinajstić information content (AvgIpc) is 3.23. The molecule has 1 amide bonds. The van der Waals surface area contributed by atoms with Crippen molar-refractivity contribution in [2.45, 2.75) is 13.8 Å². The van der Waals surface area contributed by atoms with Gasteiger partial charge in [-0.3, -0.25) is 10.1 Å². The number of nitrogens with zero attached hydrogens (tertiary/aromatic N) is 1. The van der Waals surface area contributed by atoms with Gasteiger partial charge >= 0.3 is 0 Å². The van der Waals surface area contributed by atoms with Gasteiger partial charge in [0.2, 0.25) is 6.79 Å². The molecule has 0 saturated heterocycles. The van der Waals surface area contributed by atoms with Crippen LogP contribution in [0.15, 0.2) is 41.8 Å². The number of aryl methyl sites for hydroxylation is 2. The van der Waals surface area contributed by atoms with Crippen molar-refractivity contribution in [2.75, 3.05) is 12.1 Å². The Labute approximate surface area is 149 Å². The first kappa shape index (κ1) is 15.7. The zero-order valence-electron chi connectivity index (χ0n) is 13.8. The summed E-state index contributed by atoms with van der Waals surface area (Å²) in [4.78, 5) is 17.1. The fourth-order valence-electron chi connectivity index (χ4n) is 2.83. The number of carbonyl (C=O) groups excluding carboxylic acids is 1. The Balaban J connectivity index is 1.57. The van der Waals surface area contributed by atoms with Gasteiger partial charge in [0.05, 0.1) is 11.3 Å². The van der Waals surface area contributed by atoms with Gasteiger partial charge in [-0.15, -0.1) is 11.3 Å². The minimum Gasteiger partial charge on any atom is -0.454 e. The number of rotatable bonds is 3. The van der Waals surface area contributed by atoms with Crippen LogP contribution in [0.3, 0.4) is 0 Å². The van der Waals surface area contributed by atoms with Gasteiger partial charge < -0.3 is 9.47 Å². The number of hydrogen-bond donors (Lipinski definition) is 1. The molecule has 3 aromatic rings. The van der Waals surface area contributed by atoms with Crippen LogP contribution < -0.4 is 14.8 Å². The quantitative estimate of drug-likeness (QED) is 0.758. The van der Waals surface area contributed by atoms with Crippen molar-refractivity contribution in [2.24, 2.45) is 0 Å². The van der Waals surface area contributed by atoms with Crippen molar-refractivity contribution in [1.29, 1.82) is 0 Å². The lowest BCUT2D eigenvalue weighted by molar-refractivity contribution is 0.102. The summed E-state index contributed by atoms with van der Waals surface area (Å²) < 4.78 is 10.7. The summed E-state index contributed by atoms with van der Waals surface area (Å²) in [6, 6.07) is 11.5. The molecule has 4 rings (SSSR count). The molecule has 5 nitrogen and oxygen atoms in total. The van der Waals surface area contributed by atoms with E-state index in [0.717, 1.165) is 16.8 Å². The summed E-state index contributed by atoms with van der Waals surface area (Å²) in [5, 5.41) is 5.34.